The summed E-state index contributed by atoms with van der Waals surface area (Å²) in [5.41, 5.74) is 2.44. The van der Waals surface area contributed by atoms with E-state index in [9.17, 15) is 9.59 Å². The van der Waals surface area contributed by atoms with Crippen LogP contribution in [0.15, 0.2) is 78.9 Å². The molecule has 0 fully saturated rings. The minimum absolute atomic E-state index is 0.0168. The molecule has 0 unspecified atom stereocenters. The molecule has 0 aliphatic heterocycles. The molecule has 0 aliphatic rings. The molecule has 0 saturated carbocycles. The number of halogens is 1. The topological polar surface area (TPSA) is 79.7 Å². The number of rotatable bonds is 7. The van der Waals surface area contributed by atoms with Crippen LogP contribution in [-0.4, -0.2) is 35.9 Å². The van der Waals surface area contributed by atoms with E-state index in [-0.39, 0.29) is 17.0 Å². The third-order valence-electron chi connectivity index (χ3n) is 5.08. The predicted octanol–water partition coefficient (Wildman–Crippen LogP) is 5.34. The first-order chi connectivity index (χ1) is 16.5. The second kappa shape index (κ2) is 10.2. The van der Waals surface area contributed by atoms with Gasteiger partial charge in [0.2, 0.25) is 0 Å². The van der Waals surface area contributed by atoms with Gasteiger partial charge in [0.25, 0.3) is 0 Å². The van der Waals surface area contributed by atoms with Crippen LogP contribution >= 0.6 is 11.6 Å². The van der Waals surface area contributed by atoms with Gasteiger partial charge in [0, 0.05) is 10.6 Å². The molecule has 1 aromatic heterocycles. The lowest BCUT2D eigenvalue weighted by Crippen LogP contribution is -2.15. The Bertz CT molecular complexity index is 1320. The van der Waals surface area contributed by atoms with E-state index >= 15 is 0 Å². The van der Waals surface area contributed by atoms with Crippen molar-refractivity contribution < 1.29 is 23.8 Å². The van der Waals surface area contributed by atoms with Crippen molar-refractivity contribution in [1.29, 1.82) is 0 Å². The van der Waals surface area contributed by atoms with Crippen molar-refractivity contribution in [2.45, 2.75) is 6.61 Å². The molecule has 0 N–H and O–H groups in total. The molecule has 172 valence electrons. The summed E-state index contributed by atoms with van der Waals surface area (Å²) in [7, 11) is 2.50. The smallest absolute Gasteiger partial charge is 0.357 e. The van der Waals surface area contributed by atoms with Gasteiger partial charge in [-0.05, 0) is 54.1 Å². The third-order valence-corrected chi connectivity index (χ3v) is 5.31. The molecule has 0 bridgehead atoms. The zero-order valence-electron chi connectivity index (χ0n) is 18.5. The SMILES string of the molecule is COC(=O)c1c(-c2ccc(OCc3cccc(Cl)c3)cc2)nn(-c2ccccc2)c1C(=O)OC. The number of carbonyl (C=O) groups is 2. The molecule has 3 aromatic carbocycles. The Labute approximate surface area is 201 Å². The number of para-hydroxylation sites is 1. The number of aromatic nitrogens is 2. The number of hydrogen-bond acceptors (Lipinski definition) is 6. The van der Waals surface area contributed by atoms with Crippen molar-refractivity contribution in [3.8, 4) is 22.7 Å². The Morgan fingerprint density at radius 3 is 2.24 bits per heavy atom. The van der Waals surface area contributed by atoms with Crippen molar-refractivity contribution in [1.82, 2.24) is 9.78 Å². The van der Waals surface area contributed by atoms with E-state index in [4.69, 9.17) is 25.8 Å². The van der Waals surface area contributed by atoms with Crippen LogP contribution in [0.3, 0.4) is 0 Å². The van der Waals surface area contributed by atoms with Crippen LogP contribution in [0.2, 0.25) is 5.02 Å². The molecule has 1 heterocycles. The van der Waals surface area contributed by atoms with Crippen LogP contribution < -0.4 is 4.74 Å². The molecule has 34 heavy (non-hydrogen) atoms. The van der Waals surface area contributed by atoms with Gasteiger partial charge in [-0.25, -0.2) is 14.3 Å². The highest BCUT2D eigenvalue weighted by Gasteiger charge is 2.31. The normalized spacial score (nSPS) is 10.6. The van der Waals surface area contributed by atoms with Crippen LogP contribution in [0.5, 0.6) is 5.75 Å². The Balaban J connectivity index is 1.72. The second-order valence-electron chi connectivity index (χ2n) is 7.25. The third kappa shape index (κ3) is 4.79. The van der Waals surface area contributed by atoms with E-state index in [1.54, 1.807) is 42.5 Å². The Morgan fingerprint density at radius 1 is 0.882 bits per heavy atom. The average Bonchev–Trinajstić information content (AvgIpc) is 3.28. The number of esters is 2. The van der Waals surface area contributed by atoms with E-state index in [0.717, 1.165) is 5.56 Å². The van der Waals surface area contributed by atoms with Gasteiger partial charge in [-0.1, -0.05) is 41.9 Å². The maximum atomic E-state index is 12.7. The molecular weight excluding hydrogens is 456 g/mol. The Morgan fingerprint density at radius 2 is 1.59 bits per heavy atom. The molecule has 0 atom stereocenters. The van der Waals surface area contributed by atoms with Gasteiger partial charge in [-0.2, -0.15) is 5.10 Å². The first-order valence-corrected chi connectivity index (χ1v) is 10.7. The van der Waals surface area contributed by atoms with Crippen LogP contribution in [0, 0.1) is 0 Å². The number of nitrogens with zero attached hydrogens (tertiary/aromatic N) is 2. The summed E-state index contributed by atoms with van der Waals surface area (Å²) in [4.78, 5) is 25.4. The summed E-state index contributed by atoms with van der Waals surface area (Å²) >= 11 is 6.02. The van der Waals surface area contributed by atoms with Gasteiger partial charge < -0.3 is 14.2 Å². The first-order valence-electron chi connectivity index (χ1n) is 10.3. The molecule has 0 amide bonds. The minimum Gasteiger partial charge on any atom is -0.489 e. The summed E-state index contributed by atoms with van der Waals surface area (Å²) in [5, 5.41) is 5.22. The van der Waals surface area contributed by atoms with Crippen molar-refractivity contribution in [2.24, 2.45) is 0 Å². The monoisotopic (exact) mass is 476 g/mol. The van der Waals surface area contributed by atoms with Gasteiger partial charge in [0.1, 0.15) is 23.6 Å². The highest BCUT2D eigenvalue weighted by molar-refractivity contribution is 6.30. The number of ether oxygens (including phenoxy) is 3. The van der Waals surface area contributed by atoms with Crippen molar-refractivity contribution >= 4 is 23.5 Å². The van der Waals surface area contributed by atoms with Crippen molar-refractivity contribution in [2.75, 3.05) is 14.2 Å². The predicted molar refractivity (Wildman–Crippen MR) is 127 cm³/mol. The highest BCUT2D eigenvalue weighted by Crippen LogP contribution is 2.30. The largest absolute Gasteiger partial charge is 0.489 e. The summed E-state index contributed by atoms with van der Waals surface area (Å²) in [6.45, 7) is 0.350. The maximum absolute atomic E-state index is 12.7. The molecule has 0 spiro atoms. The maximum Gasteiger partial charge on any atom is 0.357 e. The van der Waals surface area contributed by atoms with E-state index in [1.165, 1.54) is 18.9 Å². The van der Waals surface area contributed by atoms with Gasteiger partial charge in [-0.15, -0.1) is 0 Å². The fourth-order valence-electron chi connectivity index (χ4n) is 3.46. The zero-order chi connectivity index (χ0) is 24.1. The summed E-state index contributed by atoms with van der Waals surface area (Å²) in [6, 6.07) is 23.5. The molecule has 8 heteroatoms. The van der Waals surface area contributed by atoms with Gasteiger partial charge in [0.15, 0.2) is 5.69 Å². The summed E-state index contributed by atoms with van der Waals surface area (Å²) < 4.78 is 17.1. The molecule has 0 radical (unpaired) electrons. The number of carbonyl (C=O) groups excluding carboxylic acids is 2. The molecule has 4 aromatic rings. The lowest BCUT2D eigenvalue weighted by molar-refractivity contribution is 0.0549. The average molecular weight is 477 g/mol. The van der Waals surface area contributed by atoms with E-state index in [1.807, 2.05) is 36.4 Å². The molecule has 7 nitrogen and oxygen atoms in total. The fourth-order valence-corrected chi connectivity index (χ4v) is 3.67. The Hall–Kier alpha value is -4.10. The second-order valence-corrected chi connectivity index (χ2v) is 7.68. The Kier molecular flexibility index (Phi) is 6.94. The van der Waals surface area contributed by atoms with Crippen LogP contribution in [0.4, 0.5) is 0 Å². The fraction of sp³-hybridized carbons (Fsp3) is 0.115. The molecule has 4 rings (SSSR count). The highest BCUT2D eigenvalue weighted by atomic mass is 35.5. The lowest BCUT2D eigenvalue weighted by atomic mass is 10.1. The lowest BCUT2D eigenvalue weighted by Gasteiger charge is -2.08. The number of hydrogen-bond donors (Lipinski definition) is 0. The van der Waals surface area contributed by atoms with E-state index in [0.29, 0.717) is 28.6 Å². The number of benzene rings is 3. The van der Waals surface area contributed by atoms with Gasteiger partial charge in [-0.3, -0.25) is 0 Å². The van der Waals surface area contributed by atoms with Crippen LogP contribution in [0.1, 0.15) is 26.4 Å². The zero-order valence-corrected chi connectivity index (χ0v) is 19.3. The summed E-state index contributed by atoms with van der Waals surface area (Å²) in [6.07, 6.45) is 0. The standard InChI is InChI=1S/C26H21ClN2O5/c1-32-25(30)22-23(28-29(24(22)26(31)33-2)20-9-4-3-5-10-20)18-11-13-21(14-12-18)34-16-17-7-6-8-19(27)15-17/h3-15H,16H2,1-2H3. The van der Waals surface area contributed by atoms with Gasteiger partial charge in [0.05, 0.1) is 19.9 Å². The quantitative estimate of drug-likeness (QED) is 0.335. The molecule has 0 saturated heterocycles. The van der Waals surface area contributed by atoms with E-state index in [2.05, 4.69) is 5.10 Å². The van der Waals surface area contributed by atoms with Crippen LogP contribution in [0.25, 0.3) is 16.9 Å². The summed E-state index contributed by atoms with van der Waals surface area (Å²) in [5.74, 6) is -0.776. The molecule has 0 aliphatic carbocycles. The van der Waals surface area contributed by atoms with Crippen LogP contribution in [-0.2, 0) is 16.1 Å². The molecular formula is C26H21ClN2O5. The first kappa shape index (κ1) is 23.1. The minimum atomic E-state index is -0.704. The van der Waals surface area contributed by atoms with Crippen molar-refractivity contribution in [3.63, 3.8) is 0 Å². The van der Waals surface area contributed by atoms with E-state index < -0.39 is 11.9 Å². The van der Waals surface area contributed by atoms with Gasteiger partial charge >= 0.3 is 11.9 Å². The number of methoxy groups -OCH3 is 2. The van der Waals surface area contributed by atoms with Crippen molar-refractivity contribution in [3.05, 3.63) is 101 Å².